The topological polar surface area (TPSA) is 9.23 Å². The summed E-state index contributed by atoms with van der Waals surface area (Å²) in [5, 5.41) is 0. The molecule has 1 nitrogen and oxygen atoms in total. The van der Waals surface area contributed by atoms with Crippen LogP contribution in [0.3, 0.4) is 0 Å². The van der Waals surface area contributed by atoms with E-state index in [1.807, 2.05) is 24.3 Å². The standard InChI is InChI=1S/C27H34O/c1-3-5-7-8-9-10-11-23-28-27-21-19-26(20-22-27)18-17-25-15-13-24(14-16-25)12-6-4-2/h10-11,13-16,19-22H,3-9,12,23H2,1-2H3. The van der Waals surface area contributed by atoms with Gasteiger partial charge in [0.25, 0.3) is 0 Å². The highest BCUT2D eigenvalue weighted by molar-refractivity contribution is 5.44. The van der Waals surface area contributed by atoms with Crippen molar-refractivity contribution >= 4 is 0 Å². The summed E-state index contributed by atoms with van der Waals surface area (Å²) in [5.74, 6) is 7.36. The molecule has 0 atom stereocenters. The molecule has 0 saturated heterocycles. The van der Waals surface area contributed by atoms with Crippen molar-refractivity contribution in [1.82, 2.24) is 0 Å². The van der Waals surface area contributed by atoms with Gasteiger partial charge >= 0.3 is 0 Å². The van der Waals surface area contributed by atoms with Crippen molar-refractivity contribution in [2.45, 2.75) is 65.2 Å². The van der Waals surface area contributed by atoms with Crippen LogP contribution in [0.15, 0.2) is 60.7 Å². The average Bonchev–Trinajstić information content (AvgIpc) is 2.74. The second kappa shape index (κ2) is 13.7. The predicted molar refractivity (Wildman–Crippen MR) is 121 cm³/mol. The largest absolute Gasteiger partial charge is 0.490 e. The molecule has 0 amide bonds. The van der Waals surface area contributed by atoms with Gasteiger partial charge in [-0.15, -0.1) is 0 Å². The van der Waals surface area contributed by atoms with E-state index in [2.05, 4.69) is 62.1 Å². The zero-order valence-corrected chi connectivity index (χ0v) is 17.5. The Labute approximate surface area is 171 Å². The second-order valence-corrected chi connectivity index (χ2v) is 7.21. The van der Waals surface area contributed by atoms with Crippen LogP contribution >= 0.6 is 0 Å². The van der Waals surface area contributed by atoms with Crippen LogP contribution in [0.2, 0.25) is 0 Å². The van der Waals surface area contributed by atoms with Crippen molar-refractivity contribution in [3.63, 3.8) is 0 Å². The summed E-state index contributed by atoms with van der Waals surface area (Å²) >= 11 is 0. The lowest BCUT2D eigenvalue weighted by Gasteiger charge is -2.03. The van der Waals surface area contributed by atoms with Gasteiger partial charge in [0.1, 0.15) is 12.4 Å². The minimum Gasteiger partial charge on any atom is -0.490 e. The Hall–Kier alpha value is -2.46. The van der Waals surface area contributed by atoms with Crippen LogP contribution in [-0.2, 0) is 6.42 Å². The van der Waals surface area contributed by atoms with Gasteiger partial charge in [-0.3, -0.25) is 0 Å². The Balaban J connectivity index is 1.75. The molecule has 2 aromatic carbocycles. The molecule has 2 aromatic rings. The lowest BCUT2D eigenvalue weighted by atomic mass is 10.1. The number of hydrogen-bond donors (Lipinski definition) is 0. The number of unbranched alkanes of at least 4 members (excludes halogenated alkanes) is 5. The first-order valence-electron chi connectivity index (χ1n) is 10.8. The Morgan fingerprint density at radius 3 is 2.00 bits per heavy atom. The average molecular weight is 375 g/mol. The normalized spacial score (nSPS) is 10.6. The number of rotatable bonds is 11. The highest BCUT2D eigenvalue weighted by Gasteiger charge is 1.94. The second-order valence-electron chi connectivity index (χ2n) is 7.21. The first-order chi connectivity index (χ1) is 13.8. The molecule has 0 bridgehead atoms. The van der Waals surface area contributed by atoms with Crippen molar-refractivity contribution in [2.75, 3.05) is 6.61 Å². The van der Waals surface area contributed by atoms with E-state index in [0.29, 0.717) is 6.61 Å². The van der Waals surface area contributed by atoms with Crippen LogP contribution in [0, 0.1) is 11.8 Å². The number of hydrogen-bond acceptors (Lipinski definition) is 1. The lowest BCUT2D eigenvalue weighted by Crippen LogP contribution is -1.93. The molecule has 0 unspecified atom stereocenters. The van der Waals surface area contributed by atoms with Crippen LogP contribution in [0.4, 0.5) is 0 Å². The monoisotopic (exact) mass is 374 g/mol. The van der Waals surface area contributed by atoms with Crippen LogP contribution in [0.5, 0.6) is 5.75 Å². The van der Waals surface area contributed by atoms with Gasteiger partial charge in [0.05, 0.1) is 0 Å². The molecule has 0 radical (unpaired) electrons. The summed E-state index contributed by atoms with van der Waals surface area (Å²) in [7, 11) is 0. The van der Waals surface area contributed by atoms with Crippen molar-refractivity contribution in [2.24, 2.45) is 0 Å². The highest BCUT2D eigenvalue weighted by atomic mass is 16.5. The Morgan fingerprint density at radius 1 is 0.714 bits per heavy atom. The fraction of sp³-hybridized carbons (Fsp3) is 0.407. The summed E-state index contributed by atoms with van der Waals surface area (Å²) in [6, 6.07) is 16.6. The molecule has 0 spiro atoms. The van der Waals surface area contributed by atoms with Gasteiger partial charge in [0, 0.05) is 11.1 Å². The molecular weight excluding hydrogens is 340 g/mol. The summed E-state index contributed by atoms with van der Waals surface area (Å²) in [5.41, 5.74) is 3.46. The Morgan fingerprint density at radius 2 is 1.36 bits per heavy atom. The van der Waals surface area contributed by atoms with E-state index < -0.39 is 0 Å². The van der Waals surface area contributed by atoms with Crippen molar-refractivity contribution in [3.8, 4) is 17.6 Å². The lowest BCUT2D eigenvalue weighted by molar-refractivity contribution is 0.362. The molecule has 0 aliphatic carbocycles. The zero-order chi connectivity index (χ0) is 19.9. The van der Waals surface area contributed by atoms with E-state index in [-0.39, 0.29) is 0 Å². The van der Waals surface area contributed by atoms with E-state index >= 15 is 0 Å². The number of ether oxygens (including phenoxy) is 1. The van der Waals surface area contributed by atoms with Crippen molar-refractivity contribution in [3.05, 3.63) is 77.4 Å². The molecule has 0 fully saturated rings. The molecular formula is C27H34O. The van der Waals surface area contributed by atoms with Gasteiger partial charge in [0.15, 0.2) is 0 Å². The van der Waals surface area contributed by atoms with Gasteiger partial charge in [-0.25, -0.2) is 0 Å². The first kappa shape index (κ1) is 21.8. The maximum absolute atomic E-state index is 5.76. The van der Waals surface area contributed by atoms with E-state index in [1.165, 1.54) is 44.1 Å². The number of aryl methyl sites for hydroxylation is 1. The highest BCUT2D eigenvalue weighted by Crippen LogP contribution is 2.12. The molecule has 0 aliphatic heterocycles. The molecule has 0 N–H and O–H groups in total. The number of allylic oxidation sites excluding steroid dienone is 1. The van der Waals surface area contributed by atoms with Crippen LogP contribution in [-0.4, -0.2) is 6.61 Å². The van der Waals surface area contributed by atoms with Crippen LogP contribution in [0.1, 0.15) is 75.5 Å². The van der Waals surface area contributed by atoms with Gasteiger partial charge in [-0.05, 0) is 67.6 Å². The van der Waals surface area contributed by atoms with Gasteiger partial charge in [-0.2, -0.15) is 0 Å². The third kappa shape index (κ3) is 8.96. The van der Waals surface area contributed by atoms with E-state index in [0.717, 1.165) is 29.7 Å². The molecule has 148 valence electrons. The van der Waals surface area contributed by atoms with Crippen LogP contribution < -0.4 is 4.74 Å². The third-order valence-corrected chi connectivity index (χ3v) is 4.72. The minimum absolute atomic E-state index is 0.628. The van der Waals surface area contributed by atoms with Gasteiger partial charge in [-0.1, -0.05) is 75.7 Å². The fourth-order valence-electron chi connectivity index (χ4n) is 2.93. The summed E-state index contributed by atoms with van der Waals surface area (Å²) < 4.78 is 5.76. The Bertz CT molecular complexity index is 742. The summed E-state index contributed by atoms with van der Waals surface area (Å²) in [4.78, 5) is 0. The zero-order valence-electron chi connectivity index (χ0n) is 17.5. The molecule has 0 saturated carbocycles. The Kier molecular flexibility index (Phi) is 10.7. The molecule has 0 aromatic heterocycles. The van der Waals surface area contributed by atoms with Crippen molar-refractivity contribution in [1.29, 1.82) is 0 Å². The molecule has 0 aliphatic rings. The summed E-state index contributed by atoms with van der Waals surface area (Å²) in [6.45, 7) is 5.10. The molecule has 0 heterocycles. The van der Waals surface area contributed by atoms with Gasteiger partial charge in [0.2, 0.25) is 0 Å². The first-order valence-corrected chi connectivity index (χ1v) is 10.8. The maximum Gasteiger partial charge on any atom is 0.119 e. The quantitative estimate of drug-likeness (QED) is 0.227. The molecule has 2 rings (SSSR count). The molecule has 28 heavy (non-hydrogen) atoms. The SMILES string of the molecule is CCCCCCC=CCOc1ccc(C#Cc2ccc(CCCC)cc2)cc1. The number of benzene rings is 2. The predicted octanol–water partition coefficient (Wildman–Crippen LogP) is 7.33. The smallest absolute Gasteiger partial charge is 0.119 e. The summed E-state index contributed by atoms with van der Waals surface area (Å²) in [6.07, 6.45) is 14.4. The molecule has 1 heteroatoms. The minimum atomic E-state index is 0.628. The fourth-order valence-corrected chi connectivity index (χ4v) is 2.93. The van der Waals surface area contributed by atoms with Crippen molar-refractivity contribution < 1.29 is 4.74 Å². The van der Waals surface area contributed by atoms with Gasteiger partial charge < -0.3 is 4.74 Å². The third-order valence-electron chi connectivity index (χ3n) is 4.72. The van der Waals surface area contributed by atoms with E-state index in [1.54, 1.807) is 0 Å². The van der Waals surface area contributed by atoms with E-state index in [9.17, 15) is 0 Å². The maximum atomic E-state index is 5.76. The van der Waals surface area contributed by atoms with E-state index in [4.69, 9.17) is 4.74 Å². The van der Waals surface area contributed by atoms with Crippen LogP contribution in [0.25, 0.3) is 0 Å².